The Morgan fingerprint density at radius 3 is 2.74 bits per heavy atom. The molecular formula is C15H18O4. The predicted octanol–water partition coefficient (Wildman–Crippen LogP) is 2.29. The minimum Gasteiger partial charge on any atom is -0.496 e. The van der Waals surface area contributed by atoms with E-state index in [1.165, 1.54) is 0 Å². The molecular weight excluding hydrogens is 244 g/mol. The number of furan rings is 1. The molecule has 2 N–H and O–H groups in total. The number of hydrogen-bond donors (Lipinski definition) is 2. The van der Waals surface area contributed by atoms with Gasteiger partial charge < -0.3 is 19.4 Å². The highest BCUT2D eigenvalue weighted by molar-refractivity contribution is 5.38. The lowest BCUT2D eigenvalue weighted by molar-refractivity contribution is 0.182. The van der Waals surface area contributed by atoms with E-state index in [0.717, 1.165) is 5.76 Å². The molecule has 0 spiro atoms. The van der Waals surface area contributed by atoms with Crippen molar-refractivity contribution in [1.29, 1.82) is 0 Å². The summed E-state index contributed by atoms with van der Waals surface area (Å²) in [4.78, 5) is 0. The largest absolute Gasteiger partial charge is 0.496 e. The van der Waals surface area contributed by atoms with Gasteiger partial charge in [-0.15, -0.1) is 0 Å². The molecule has 0 aliphatic rings. The van der Waals surface area contributed by atoms with Crippen molar-refractivity contribution in [1.82, 2.24) is 0 Å². The molecule has 0 aliphatic carbocycles. The van der Waals surface area contributed by atoms with E-state index in [1.807, 2.05) is 18.2 Å². The topological polar surface area (TPSA) is 62.8 Å². The van der Waals surface area contributed by atoms with Crippen LogP contribution in [0.1, 0.15) is 29.6 Å². The molecule has 1 aromatic carbocycles. The van der Waals surface area contributed by atoms with Crippen LogP contribution in [0.4, 0.5) is 0 Å². The molecule has 1 atom stereocenters. The highest BCUT2D eigenvalue weighted by atomic mass is 16.5. The van der Waals surface area contributed by atoms with Crippen LogP contribution in [0.2, 0.25) is 0 Å². The lowest BCUT2D eigenvalue weighted by Gasteiger charge is -2.12. The third kappa shape index (κ3) is 3.16. The summed E-state index contributed by atoms with van der Waals surface area (Å²) < 4.78 is 10.8. The van der Waals surface area contributed by atoms with Crippen molar-refractivity contribution >= 4 is 0 Å². The van der Waals surface area contributed by atoms with E-state index < -0.39 is 6.10 Å². The van der Waals surface area contributed by atoms with Gasteiger partial charge in [-0.3, -0.25) is 0 Å². The summed E-state index contributed by atoms with van der Waals surface area (Å²) in [5.74, 6) is 1.87. The van der Waals surface area contributed by atoms with E-state index >= 15 is 0 Å². The summed E-state index contributed by atoms with van der Waals surface area (Å²) >= 11 is 0. The Morgan fingerprint density at radius 1 is 1.21 bits per heavy atom. The Morgan fingerprint density at radius 2 is 2.00 bits per heavy atom. The first kappa shape index (κ1) is 13.6. The second-order valence-electron chi connectivity index (χ2n) is 4.28. The summed E-state index contributed by atoms with van der Waals surface area (Å²) in [5.41, 5.74) is 0.674. The van der Waals surface area contributed by atoms with Crippen LogP contribution in [0, 0.1) is 0 Å². The smallest absolute Gasteiger partial charge is 0.140 e. The SMILES string of the molecule is COc1ccccc1C(O)c1ccc(CCCO)o1. The van der Waals surface area contributed by atoms with Gasteiger partial charge in [-0.05, 0) is 24.6 Å². The Hall–Kier alpha value is -1.78. The van der Waals surface area contributed by atoms with Crippen molar-refractivity contribution in [3.8, 4) is 5.75 Å². The van der Waals surface area contributed by atoms with Crippen LogP contribution >= 0.6 is 0 Å². The average Bonchev–Trinajstić information content (AvgIpc) is 2.93. The fourth-order valence-corrected chi connectivity index (χ4v) is 1.97. The molecule has 0 fully saturated rings. The van der Waals surface area contributed by atoms with Gasteiger partial charge in [0, 0.05) is 18.6 Å². The van der Waals surface area contributed by atoms with Crippen LogP contribution in [0.25, 0.3) is 0 Å². The molecule has 4 nitrogen and oxygen atoms in total. The van der Waals surface area contributed by atoms with Crippen LogP contribution < -0.4 is 4.74 Å². The summed E-state index contributed by atoms with van der Waals surface area (Å²) in [7, 11) is 1.57. The van der Waals surface area contributed by atoms with E-state index in [9.17, 15) is 5.11 Å². The zero-order valence-corrected chi connectivity index (χ0v) is 10.9. The van der Waals surface area contributed by atoms with Gasteiger partial charge in [0.1, 0.15) is 23.4 Å². The molecule has 0 radical (unpaired) electrons. The fraction of sp³-hybridized carbons (Fsp3) is 0.333. The van der Waals surface area contributed by atoms with Crippen LogP contribution in [-0.4, -0.2) is 23.9 Å². The lowest BCUT2D eigenvalue weighted by Crippen LogP contribution is -2.01. The monoisotopic (exact) mass is 262 g/mol. The van der Waals surface area contributed by atoms with Crippen LogP contribution in [0.15, 0.2) is 40.8 Å². The number of methoxy groups -OCH3 is 1. The van der Waals surface area contributed by atoms with Crippen molar-refractivity contribution in [2.45, 2.75) is 18.9 Å². The maximum Gasteiger partial charge on any atom is 0.140 e. The molecule has 1 heterocycles. The lowest BCUT2D eigenvalue weighted by atomic mass is 10.1. The normalized spacial score (nSPS) is 12.4. The van der Waals surface area contributed by atoms with Crippen molar-refractivity contribution in [3.63, 3.8) is 0 Å². The third-order valence-electron chi connectivity index (χ3n) is 2.97. The van der Waals surface area contributed by atoms with E-state index in [4.69, 9.17) is 14.3 Å². The first-order valence-electron chi connectivity index (χ1n) is 6.26. The number of aliphatic hydroxyl groups excluding tert-OH is 2. The van der Waals surface area contributed by atoms with E-state index in [2.05, 4.69) is 0 Å². The summed E-state index contributed by atoms with van der Waals surface area (Å²) in [5, 5.41) is 19.1. The Balaban J connectivity index is 2.18. The number of para-hydroxylation sites is 1. The van der Waals surface area contributed by atoms with Crippen molar-refractivity contribution in [2.75, 3.05) is 13.7 Å². The molecule has 0 amide bonds. The first-order valence-corrected chi connectivity index (χ1v) is 6.26. The Kier molecular flexibility index (Phi) is 4.60. The maximum atomic E-state index is 10.3. The van der Waals surface area contributed by atoms with Gasteiger partial charge in [-0.1, -0.05) is 18.2 Å². The number of aliphatic hydroxyl groups is 2. The number of rotatable bonds is 6. The molecule has 0 saturated heterocycles. The minimum absolute atomic E-state index is 0.130. The van der Waals surface area contributed by atoms with Gasteiger partial charge in [0.05, 0.1) is 7.11 Å². The number of aryl methyl sites for hydroxylation is 1. The molecule has 0 bridgehead atoms. The van der Waals surface area contributed by atoms with Gasteiger partial charge in [0.2, 0.25) is 0 Å². The molecule has 19 heavy (non-hydrogen) atoms. The summed E-state index contributed by atoms with van der Waals surface area (Å²) in [6.45, 7) is 0.130. The van der Waals surface area contributed by atoms with Crippen molar-refractivity contribution < 1.29 is 19.4 Å². The van der Waals surface area contributed by atoms with Crippen molar-refractivity contribution in [3.05, 3.63) is 53.5 Å². The molecule has 2 rings (SSSR count). The molecule has 1 unspecified atom stereocenters. The molecule has 1 aromatic heterocycles. The Bertz CT molecular complexity index is 518. The summed E-state index contributed by atoms with van der Waals surface area (Å²) in [6, 6.07) is 10.9. The minimum atomic E-state index is -0.848. The highest BCUT2D eigenvalue weighted by Crippen LogP contribution is 2.30. The molecule has 102 valence electrons. The molecule has 0 saturated carbocycles. The number of benzene rings is 1. The van der Waals surface area contributed by atoms with E-state index in [0.29, 0.717) is 29.9 Å². The fourth-order valence-electron chi connectivity index (χ4n) is 1.97. The Labute approximate surface area is 112 Å². The molecule has 4 heteroatoms. The number of hydrogen-bond acceptors (Lipinski definition) is 4. The van der Waals surface area contributed by atoms with Gasteiger partial charge in [0.15, 0.2) is 0 Å². The zero-order valence-electron chi connectivity index (χ0n) is 10.9. The first-order chi connectivity index (χ1) is 9.26. The van der Waals surface area contributed by atoms with Crippen LogP contribution in [-0.2, 0) is 6.42 Å². The maximum absolute atomic E-state index is 10.3. The average molecular weight is 262 g/mol. The number of ether oxygens (including phenoxy) is 1. The van der Waals surface area contributed by atoms with Gasteiger partial charge in [0.25, 0.3) is 0 Å². The van der Waals surface area contributed by atoms with Crippen molar-refractivity contribution in [2.24, 2.45) is 0 Å². The standard InChI is InChI=1S/C15H18O4/c1-18-13-7-3-2-6-12(13)15(17)14-9-8-11(19-14)5-4-10-16/h2-3,6-9,15-17H,4-5,10H2,1H3. The van der Waals surface area contributed by atoms with Gasteiger partial charge >= 0.3 is 0 Å². The van der Waals surface area contributed by atoms with Crippen LogP contribution in [0.5, 0.6) is 5.75 Å². The second kappa shape index (κ2) is 6.41. The van der Waals surface area contributed by atoms with Gasteiger partial charge in [-0.25, -0.2) is 0 Å². The predicted molar refractivity (Wildman–Crippen MR) is 71.2 cm³/mol. The van der Waals surface area contributed by atoms with E-state index in [-0.39, 0.29) is 6.61 Å². The highest BCUT2D eigenvalue weighted by Gasteiger charge is 2.18. The molecule has 2 aromatic rings. The second-order valence-corrected chi connectivity index (χ2v) is 4.28. The summed E-state index contributed by atoms with van der Waals surface area (Å²) in [6.07, 6.45) is 0.464. The van der Waals surface area contributed by atoms with E-state index in [1.54, 1.807) is 25.3 Å². The zero-order chi connectivity index (χ0) is 13.7. The molecule has 0 aliphatic heterocycles. The van der Waals surface area contributed by atoms with Crippen LogP contribution in [0.3, 0.4) is 0 Å². The van der Waals surface area contributed by atoms with Gasteiger partial charge in [-0.2, -0.15) is 0 Å². The quantitative estimate of drug-likeness (QED) is 0.838. The third-order valence-corrected chi connectivity index (χ3v) is 2.97.